The van der Waals surface area contributed by atoms with Gasteiger partial charge in [-0.3, -0.25) is 4.98 Å². The second kappa shape index (κ2) is 4.28. The number of rotatable bonds is 1. The topological polar surface area (TPSA) is 64.7 Å². The molecule has 1 aromatic carbocycles. The number of fused-ring (bicyclic) bond motifs is 1. The van der Waals surface area contributed by atoms with Crippen LogP contribution in [0.25, 0.3) is 22.2 Å². The van der Waals surface area contributed by atoms with Gasteiger partial charge in [-0.2, -0.15) is 0 Å². The van der Waals surface area contributed by atoms with Crippen molar-refractivity contribution in [2.24, 2.45) is 0 Å². The van der Waals surface area contributed by atoms with Gasteiger partial charge in [0.1, 0.15) is 5.69 Å². The van der Waals surface area contributed by atoms with Crippen LogP contribution >= 0.6 is 0 Å². The van der Waals surface area contributed by atoms with E-state index in [1.165, 1.54) is 0 Å². The molecule has 0 aliphatic heterocycles. The summed E-state index contributed by atoms with van der Waals surface area (Å²) in [5.41, 5.74) is 8.17. The number of benzene rings is 1. The minimum Gasteiger partial charge on any atom is -0.368 e. The molecule has 4 nitrogen and oxygen atoms in total. The Kier molecular flexibility index (Phi) is 2.59. The minimum absolute atomic E-state index is 0.0542. The maximum absolute atomic E-state index is 13.7. The van der Waals surface area contributed by atoms with Crippen LogP contribution in [0.3, 0.4) is 0 Å². The van der Waals surface area contributed by atoms with Gasteiger partial charge in [0.2, 0.25) is 5.95 Å². The van der Waals surface area contributed by atoms with Gasteiger partial charge in [0.05, 0.1) is 11.7 Å². The molecule has 0 spiro atoms. The highest BCUT2D eigenvalue weighted by atomic mass is 19.1. The molecule has 2 N–H and O–H groups in total. The molecule has 0 radical (unpaired) electrons. The van der Waals surface area contributed by atoms with E-state index in [-0.39, 0.29) is 11.6 Å². The number of halogens is 1. The molecule has 0 saturated carbocycles. The van der Waals surface area contributed by atoms with Gasteiger partial charge in [0.15, 0.2) is 5.82 Å². The van der Waals surface area contributed by atoms with E-state index in [0.717, 1.165) is 22.8 Å². The number of nitrogen functional groups attached to an aromatic ring is 1. The lowest BCUT2D eigenvalue weighted by Crippen LogP contribution is -1.98. The van der Waals surface area contributed by atoms with Crippen LogP contribution in [0, 0.1) is 12.7 Å². The molecule has 0 aliphatic carbocycles. The molecule has 0 aliphatic rings. The Balaban J connectivity index is 2.20. The van der Waals surface area contributed by atoms with Crippen molar-refractivity contribution in [2.75, 3.05) is 5.73 Å². The van der Waals surface area contributed by atoms with E-state index in [4.69, 9.17) is 5.73 Å². The zero-order chi connectivity index (χ0) is 13.4. The zero-order valence-electron chi connectivity index (χ0n) is 10.3. The predicted octanol–water partition coefficient (Wildman–Crippen LogP) is 2.72. The minimum atomic E-state index is -0.492. The summed E-state index contributed by atoms with van der Waals surface area (Å²) in [6.07, 6.45) is 1.08. The maximum atomic E-state index is 13.7. The number of nitrogens with zero attached hydrogens (tertiary/aromatic N) is 3. The Morgan fingerprint density at radius 2 is 1.95 bits per heavy atom. The van der Waals surface area contributed by atoms with Crippen molar-refractivity contribution in [3.8, 4) is 11.3 Å². The molecule has 3 aromatic rings. The largest absolute Gasteiger partial charge is 0.368 e. The average Bonchev–Trinajstić information content (AvgIpc) is 2.41. The van der Waals surface area contributed by atoms with Crippen molar-refractivity contribution < 1.29 is 4.39 Å². The van der Waals surface area contributed by atoms with E-state index < -0.39 is 5.82 Å². The van der Waals surface area contributed by atoms with Crippen LogP contribution in [0.15, 0.2) is 36.5 Å². The fourth-order valence-corrected chi connectivity index (χ4v) is 1.96. The van der Waals surface area contributed by atoms with Gasteiger partial charge in [0, 0.05) is 16.6 Å². The predicted molar refractivity (Wildman–Crippen MR) is 71.9 cm³/mol. The summed E-state index contributed by atoms with van der Waals surface area (Å²) in [4.78, 5) is 12.0. The molecular formula is C14H11FN4. The van der Waals surface area contributed by atoms with Gasteiger partial charge in [-0.25, -0.2) is 14.4 Å². The molecule has 3 rings (SSSR count). The fraction of sp³-hybridized carbons (Fsp3) is 0.0714. The number of hydrogen-bond acceptors (Lipinski definition) is 4. The van der Waals surface area contributed by atoms with Crippen molar-refractivity contribution in [1.82, 2.24) is 15.0 Å². The van der Waals surface area contributed by atoms with Gasteiger partial charge < -0.3 is 5.73 Å². The van der Waals surface area contributed by atoms with E-state index >= 15 is 0 Å². The second-order valence-electron chi connectivity index (χ2n) is 4.28. The first-order valence-electron chi connectivity index (χ1n) is 5.79. The number of anilines is 1. The molecule has 0 bridgehead atoms. The van der Waals surface area contributed by atoms with E-state index in [0.29, 0.717) is 5.56 Å². The fourth-order valence-electron chi connectivity index (χ4n) is 1.96. The first-order valence-corrected chi connectivity index (χ1v) is 5.79. The summed E-state index contributed by atoms with van der Waals surface area (Å²) in [6.45, 7) is 1.93. The van der Waals surface area contributed by atoms with Crippen LogP contribution < -0.4 is 5.73 Å². The van der Waals surface area contributed by atoms with Crippen LogP contribution in [-0.2, 0) is 0 Å². The van der Waals surface area contributed by atoms with Crippen molar-refractivity contribution in [3.05, 3.63) is 48.0 Å². The first kappa shape index (κ1) is 11.5. The summed E-state index contributed by atoms with van der Waals surface area (Å²) in [5, 5.41) is 0.930. The summed E-state index contributed by atoms with van der Waals surface area (Å²) < 4.78 is 13.7. The van der Waals surface area contributed by atoms with Crippen LogP contribution in [-0.4, -0.2) is 15.0 Å². The normalized spacial score (nSPS) is 10.8. The van der Waals surface area contributed by atoms with E-state index in [9.17, 15) is 4.39 Å². The number of nitrogens with two attached hydrogens (primary N) is 1. The number of hydrogen-bond donors (Lipinski definition) is 1. The molecule has 2 aromatic heterocycles. The molecule has 2 heterocycles. The van der Waals surface area contributed by atoms with Gasteiger partial charge in [-0.05, 0) is 25.1 Å². The first-order chi connectivity index (χ1) is 9.13. The third-order valence-corrected chi connectivity index (χ3v) is 2.86. The Hall–Kier alpha value is -2.56. The molecule has 0 saturated heterocycles. The van der Waals surface area contributed by atoms with Crippen molar-refractivity contribution in [3.63, 3.8) is 0 Å². The number of aryl methyl sites for hydroxylation is 1. The van der Waals surface area contributed by atoms with Gasteiger partial charge in [0.25, 0.3) is 0 Å². The van der Waals surface area contributed by atoms with Gasteiger partial charge >= 0.3 is 0 Å². The van der Waals surface area contributed by atoms with E-state index in [2.05, 4.69) is 15.0 Å². The maximum Gasteiger partial charge on any atom is 0.220 e. The number of pyridine rings is 1. The molecule has 0 atom stereocenters. The lowest BCUT2D eigenvalue weighted by molar-refractivity contribution is 0.619. The average molecular weight is 254 g/mol. The van der Waals surface area contributed by atoms with Crippen LogP contribution in [0.1, 0.15) is 5.69 Å². The summed E-state index contributed by atoms with van der Waals surface area (Å²) >= 11 is 0. The van der Waals surface area contributed by atoms with E-state index in [1.807, 2.05) is 31.2 Å². The quantitative estimate of drug-likeness (QED) is 0.725. The molecule has 0 amide bonds. The summed E-state index contributed by atoms with van der Waals surface area (Å²) in [5.74, 6) is -0.438. The summed E-state index contributed by atoms with van der Waals surface area (Å²) in [7, 11) is 0. The smallest absolute Gasteiger partial charge is 0.220 e. The zero-order valence-corrected chi connectivity index (χ0v) is 10.3. The van der Waals surface area contributed by atoms with Crippen LogP contribution in [0.4, 0.5) is 10.3 Å². The molecule has 19 heavy (non-hydrogen) atoms. The molecule has 5 heteroatoms. The molecule has 0 fully saturated rings. The van der Waals surface area contributed by atoms with Gasteiger partial charge in [-0.15, -0.1) is 0 Å². The summed E-state index contributed by atoms with van der Waals surface area (Å²) in [6, 6.07) is 9.32. The van der Waals surface area contributed by atoms with E-state index in [1.54, 1.807) is 6.07 Å². The van der Waals surface area contributed by atoms with Crippen LogP contribution in [0.5, 0.6) is 0 Å². The second-order valence-corrected chi connectivity index (χ2v) is 4.28. The monoisotopic (exact) mass is 254 g/mol. The third kappa shape index (κ3) is 2.10. The Bertz CT molecular complexity index is 770. The SMILES string of the molecule is Cc1ccc2cc(-c3nc(N)ncc3F)ccc2n1. The Morgan fingerprint density at radius 1 is 1.11 bits per heavy atom. The highest BCUT2D eigenvalue weighted by Crippen LogP contribution is 2.24. The third-order valence-electron chi connectivity index (χ3n) is 2.86. The van der Waals surface area contributed by atoms with Crippen molar-refractivity contribution >= 4 is 16.9 Å². The highest BCUT2D eigenvalue weighted by Gasteiger charge is 2.09. The number of aromatic nitrogens is 3. The Morgan fingerprint density at radius 3 is 2.79 bits per heavy atom. The molecular weight excluding hydrogens is 243 g/mol. The van der Waals surface area contributed by atoms with Crippen LogP contribution in [0.2, 0.25) is 0 Å². The standard InChI is InChI=1S/C14H11FN4/c1-8-2-3-9-6-10(4-5-12(9)18-8)13-11(15)7-17-14(16)19-13/h2-7H,1H3,(H2,16,17,19). The van der Waals surface area contributed by atoms with Crippen molar-refractivity contribution in [2.45, 2.75) is 6.92 Å². The molecule has 0 unspecified atom stereocenters. The van der Waals surface area contributed by atoms with Crippen molar-refractivity contribution in [1.29, 1.82) is 0 Å². The molecule has 94 valence electrons. The Labute approximate surface area is 109 Å². The lowest BCUT2D eigenvalue weighted by atomic mass is 10.1. The lowest BCUT2D eigenvalue weighted by Gasteiger charge is -2.05. The highest BCUT2D eigenvalue weighted by molar-refractivity contribution is 5.84. The van der Waals surface area contributed by atoms with Gasteiger partial charge in [-0.1, -0.05) is 12.1 Å².